The highest BCUT2D eigenvalue weighted by Gasteiger charge is 2.30. The number of esters is 3. The maximum absolute atomic E-state index is 13.1. The Balaban J connectivity index is 4.66. The third-order valence-corrected chi connectivity index (χ3v) is 21.7. The van der Waals surface area contributed by atoms with Crippen LogP contribution in [0.15, 0.2) is 194 Å². The second kappa shape index (κ2) is 93.5. The highest BCUT2D eigenvalue weighted by Crippen LogP contribution is 2.45. The predicted octanol–water partition coefficient (Wildman–Crippen LogP) is 29.8. The van der Waals surface area contributed by atoms with Gasteiger partial charge in [0.2, 0.25) is 0 Å². The summed E-state index contributed by atoms with van der Waals surface area (Å²) >= 11 is 0. The molecule has 5 atom stereocenters. The van der Waals surface area contributed by atoms with Gasteiger partial charge in [-0.25, -0.2) is 9.13 Å². The smallest absolute Gasteiger partial charge is 0.463 e. The molecule has 0 aromatic carbocycles. The zero-order valence-corrected chi connectivity index (χ0v) is 77.9. The summed E-state index contributed by atoms with van der Waals surface area (Å²) in [6.45, 7) is 2.44. The maximum atomic E-state index is 13.1. The molecule has 121 heavy (non-hydrogen) atoms. The number of phosphoric ester groups is 2. The van der Waals surface area contributed by atoms with E-state index in [9.17, 15) is 43.5 Å². The molecule has 0 aliphatic heterocycles. The zero-order chi connectivity index (χ0) is 87.9. The third kappa shape index (κ3) is 94.9. The first-order chi connectivity index (χ1) is 59.2. The van der Waals surface area contributed by atoms with Gasteiger partial charge in [0.1, 0.15) is 25.4 Å². The quantitative estimate of drug-likeness (QED) is 0.0146. The van der Waals surface area contributed by atoms with Crippen LogP contribution in [0.4, 0.5) is 0 Å². The van der Waals surface area contributed by atoms with Gasteiger partial charge in [-0.15, -0.1) is 0 Å². The lowest BCUT2D eigenvalue weighted by atomic mass is 10.0. The summed E-state index contributed by atoms with van der Waals surface area (Å²) in [5.74, 6) is -1.59. The Hall–Kier alpha value is -5.61. The van der Waals surface area contributed by atoms with Crippen LogP contribution in [0.25, 0.3) is 0 Å². The first-order valence-corrected chi connectivity index (χ1v) is 50.7. The van der Waals surface area contributed by atoms with Crippen LogP contribution < -0.4 is 0 Å². The average Bonchev–Trinajstić information content (AvgIpc) is 0.894. The van der Waals surface area contributed by atoms with Crippen molar-refractivity contribution < 1.29 is 75.8 Å². The van der Waals surface area contributed by atoms with E-state index in [1.807, 2.05) is 0 Å². The number of hydrogen-bond acceptors (Lipinski definition) is 14. The lowest BCUT2D eigenvalue weighted by Gasteiger charge is -2.21. The molecule has 5 unspecified atom stereocenters. The molecule has 0 saturated heterocycles. The summed E-state index contributed by atoms with van der Waals surface area (Å²) in [7, 11) is -9.83. The Morgan fingerprint density at radius 3 is 0.694 bits per heavy atom. The first kappa shape index (κ1) is 115. The van der Waals surface area contributed by atoms with Crippen LogP contribution in [0.5, 0.6) is 0 Å². The molecule has 0 spiro atoms. The Kier molecular flexibility index (Phi) is 89.2. The maximum Gasteiger partial charge on any atom is 0.472 e. The predicted molar refractivity (Wildman–Crippen MR) is 509 cm³/mol. The van der Waals surface area contributed by atoms with Crippen molar-refractivity contribution in [3.63, 3.8) is 0 Å². The largest absolute Gasteiger partial charge is 0.472 e. The molecule has 0 aromatic heterocycles. The minimum absolute atomic E-state index is 0.0811. The highest BCUT2D eigenvalue weighted by atomic mass is 31.2. The first-order valence-electron chi connectivity index (χ1n) is 47.7. The van der Waals surface area contributed by atoms with Crippen molar-refractivity contribution in [3.05, 3.63) is 194 Å². The van der Waals surface area contributed by atoms with E-state index >= 15 is 0 Å². The van der Waals surface area contributed by atoms with Gasteiger partial charge in [0, 0.05) is 19.3 Å². The van der Waals surface area contributed by atoms with E-state index in [0.717, 1.165) is 193 Å². The molecule has 0 radical (unpaired) electrons. The fourth-order valence-electron chi connectivity index (χ4n) is 12.6. The van der Waals surface area contributed by atoms with Crippen LogP contribution in [0.3, 0.4) is 0 Å². The molecule has 0 aromatic rings. The van der Waals surface area contributed by atoms with Gasteiger partial charge < -0.3 is 34.2 Å². The normalized spacial score (nSPS) is 14.6. The summed E-state index contributed by atoms with van der Waals surface area (Å²) in [6.07, 6.45) is 125. The second-order valence-corrected chi connectivity index (χ2v) is 34.3. The second-order valence-electron chi connectivity index (χ2n) is 31.4. The van der Waals surface area contributed by atoms with Crippen molar-refractivity contribution in [2.24, 2.45) is 0 Å². The van der Waals surface area contributed by atoms with Crippen molar-refractivity contribution in [1.29, 1.82) is 0 Å². The number of ether oxygens (including phenoxy) is 3. The summed E-state index contributed by atoms with van der Waals surface area (Å²) in [5.41, 5.74) is 0. The molecule has 18 heteroatoms. The molecule has 0 fully saturated rings. The van der Waals surface area contributed by atoms with Gasteiger partial charge in [-0.2, -0.15) is 0 Å². The number of aliphatic hydroxyl groups excluding tert-OH is 2. The van der Waals surface area contributed by atoms with Crippen LogP contribution in [-0.2, 0) is 55.8 Å². The van der Waals surface area contributed by atoms with E-state index in [-0.39, 0.29) is 19.3 Å². The van der Waals surface area contributed by atoms with E-state index in [0.29, 0.717) is 19.3 Å². The van der Waals surface area contributed by atoms with Gasteiger partial charge in [0.15, 0.2) is 6.10 Å². The number of carbonyl (C=O) groups excluding carboxylic acids is 3. The average molecular weight is 1730 g/mol. The van der Waals surface area contributed by atoms with Gasteiger partial charge in [0.05, 0.1) is 26.4 Å². The molecule has 0 saturated carbocycles. The van der Waals surface area contributed by atoms with E-state index in [1.165, 1.54) is 128 Å². The number of carbonyl (C=O) groups is 3. The van der Waals surface area contributed by atoms with Crippen molar-refractivity contribution in [2.45, 2.75) is 399 Å². The van der Waals surface area contributed by atoms with Gasteiger partial charge in [-0.1, -0.05) is 389 Å². The van der Waals surface area contributed by atoms with Crippen LogP contribution in [0.1, 0.15) is 380 Å². The summed E-state index contributed by atoms with van der Waals surface area (Å²) in [5, 5.41) is 20.8. The lowest BCUT2D eigenvalue weighted by molar-refractivity contribution is -0.161. The van der Waals surface area contributed by atoms with Crippen LogP contribution >= 0.6 is 15.6 Å². The Labute approximate surface area is 737 Å². The van der Waals surface area contributed by atoms with Gasteiger partial charge in [-0.05, 0) is 167 Å². The van der Waals surface area contributed by atoms with Crippen molar-refractivity contribution >= 4 is 33.6 Å². The summed E-state index contributed by atoms with van der Waals surface area (Å²) in [6, 6.07) is 0. The third-order valence-electron chi connectivity index (χ3n) is 19.8. The SMILES string of the molecule is CC/C=C\C/C=C\C/C=C\C/C=C\C/C=C\C/C=C\CCCCCCCCCCCCCCC(=O)OCC(O)COP(=O)(O)OCC(O)COP(=O)(O)OCC(COC(=O)CCCCCCCCCCCCCCC/C=C\C/C=C\C/C=C\C/C=C\CCCCC)OC(=O)CCCCCCCC/C=C\C/C=C\C/C=C\C/C=C\C/C=C\C/C=C\CC. The van der Waals surface area contributed by atoms with Gasteiger partial charge >= 0.3 is 33.6 Å². The van der Waals surface area contributed by atoms with E-state index in [1.54, 1.807) is 0 Å². The molecule has 690 valence electrons. The minimum Gasteiger partial charge on any atom is -0.463 e. The Morgan fingerprint density at radius 2 is 0.438 bits per heavy atom. The molecule has 0 amide bonds. The van der Waals surface area contributed by atoms with Crippen molar-refractivity contribution in [3.8, 4) is 0 Å². The molecular formula is C103H172O16P2. The topological polar surface area (TPSA) is 231 Å². The number of hydrogen-bond donors (Lipinski definition) is 4. The molecule has 0 aliphatic carbocycles. The van der Waals surface area contributed by atoms with E-state index in [2.05, 4.69) is 215 Å². The summed E-state index contributed by atoms with van der Waals surface area (Å²) < 4.78 is 61.6. The molecule has 0 rings (SSSR count). The van der Waals surface area contributed by atoms with Crippen LogP contribution in [0, 0.1) is 0 Å². The lowest BCUT2D eigenvalue weighted by Crippen LogP contribution is -2.30. The van der Waals surface area contributed by atoms with Crippen LogP contribution in [-0.4, -0.2) is 95.9 Å². The molecule has 0 bridgehead atoms. The van der Waals surface area contributed by atoms with Crippen LogP contribution in [0.2, 0.25) is 0 Å². The van der Waals surface area contributed by atoms with Crippen molar-refractivity contribution in [2.75, 3.05) is 39.6 Å². The highest BCUT2D eigenvalue weighted by molar-refractivity contribution is 7.47. The van der Waals surface area contributed by atoms with E-state index < -0.39 is 91.5 Å². The fourth-order valence-corrected chi connectivity index (χ4v) is 14.2. The number of rotatable bonds is 89. The van der Waals surface area contributed by atoms with Gasteiger partial charge in [-0.3, -0.25) is 32.5 Å². The molecule has 16 nitrogen and oxygen atoms in total. The standard InChI is InChI=1S/C103H172O16P2/c1-4-7-10-13-16-19-22-25-28-31-34-37-40-43-45-47-48-50-52-54-56-59-62-65-68-71-74-77-80-83-86-89-101(106)113-92-98(104)93-115-120(109,110)116-94-99(105)95-117-121(111,112)118-97-100(119-103(108)91-88-85-82-79-76-73-70-67-64-61-58-53-42-39-36-33-30-27-24-21-18-15-12-9-6-3)96-114-102(107)90-87-84-81-78-75-72-69-66-63-60-57-55-51-49-46-44-41-38-35-32-29-26-23-20-17-14-11-8-5-2/h7,9-10,12,16-21,25-30,34-39,43-46,48,50,53,58,64,67,98-100,104-105H,4-6,8,11,13-15,22-24,31-33,40-42,47,49,51-52,54-57,59-63,65-66,68-97H2,1-3H3,(H,109,110)(H,111,112)/b10-7-,12-9-,19-16-,20-17-,21-18-,28-25-,29-26-,30-27-,37-34-,38-35-,39-36-,45-43-,46-44-,50-48-,58-53-,67-64-. The molecular weight excluding hydrogens is 1560 g/mol. The number of allylic oxidation sites excluding steroid dienone is 32. The minimum atomic E-state index is -4.95. The monoisotopic (exact) mass is 1730 g/mol. The molecule has 4 N–H and O–H groups in total. The Bertz CT molecular complexity index is 2980. The van der Waals surface area contributed by atoms with E-state index in [4.69, 9.17) is 32.3 Å². The van der Waals surface area contributed by atoms with Gasteiger partial charge in [0.25, 0.3) is 0 Å². The number of phosphoric acid groups is 2. The Morgan fingerprint density at radius 1 is 0.240 bits per heavy atom. The fraction of sp³-hybridized carbons (Fsp3) is 0.660. The number of unbranched alkanes of at least 4 members (excludes halogenated alkanes) is 34. The zero-order valence-electron chi connectivity index (χ0n) is 76.1. The molecule has 0 aliphatic rings. The summed E-state index contributed by atoms with van der Waals surface area (Å²) in [4.78, 5) is 59.1. The molecule has 0 heterocycles. The number of aliphatic hydroxyl groups is 2. The van der Waals surface area contributed by atoms with Crippen molar-refractivity contribution in [1.82, 2.24) is 0 Å².